The predicted molar refractivity (Wildman–Crippen MR) is 63.5 cm³/mol. The van der Waals surface area contributed by atoms with Gasteiger partial charge < -0.3 is 0 Å². The van der Waals surface area contributed by atoms with Gasteiger partial charge in [-0.15, -0.1) is 0 Å². The molecule has 0 amide bonds. The molecule has 14 heavy (non-hydrogen) atoms. The minimum Gasteiger partial charge on any atom is -0.205 e. The molecule has 1 rings (SSSR count). The molecule has 0 saturated carbocycles. The maximum absolute atomic E-state index is 13.1. The van der Waals surface area contributed by atoms with Crippen molar-refractivity contribution in [1.29, 1.82) is 0 Å². The molecule has 0 fully saturated rings. The lowest BCUT2D eigenvalue weighted by atomic mass is 10.1. The Hall–Kier alpha value is -0.340. The van der Waals surface area contributed by atoms with Crippen molar-refractivity contribution in [1.82, 2.24) is 0 Å². The predicted octanol–water partition coefficient (Wildman–Crippen LogP) is 4.67. The molecule has 0 aliphatic rings. The van der Waals surface area contributed by atoms with Crippen LogP contribution in [-0.4, -0.2) is 5.33 Å². The molecule has 3 heteroatoms. The summed E-state index contributed by atoms with van der Waals surface area (Å²) in [5.41, 5.74) is 2.08. The van der Waals surface area contributed by atoms with E-state index in [0.717, 1.165) is 17.3 Å². The van der Waals surface area contributed by atoms with Gasteiger partial charge in [0.05, 0.1) is 5.02 Å². The van der Waals surface area contributed by atoms with E-state index in [2.05, 4.69) is 22.9 Å². The first-order valence-corrected chi connectivity index (χ1v) is 5.87. The van der Waals surface area contributed by atoms with Gasteiger partial charge in [-0.3, -0.25) is 0 Å². The van der Waals surface area contributed by atoms with Crippen LogP contribution in [0.5, 0.6) is 0 Å². The third-order valence-electron chi connectivity index (χ3n) is 1.94. The van der Waals surface area contributed by atoms with Crippen LogP contribution < -0.4 is 0 Å². The van der Waals surface area contributed by atoms with Crippen molar-refractivity contribution in [2.45, 2.75) is 13.3 Å². The van der Waals surface area contributed by atoms with Crippen LogP contribution in [0.2, 0.25) is 5.02 Å². The number of benzene rings is 1. The highest BCUT2D eigenvalue weighted by Crippen LogP contribution is 2.18. The zero-order chi connectivity index (χ0) is 10.6. The van der Waals surface area contributed by atoms with Crippen LogP contribution in [0.25, 0.3) is 6.08 Å². The number of rotatable bonds is 3. The molecule has 0 aliphatic heterocycles. The molecule has 0 nitrogen and oxygen atoms in total. The maximum atomic E-state index is 13.1. The topological polar surface area (TPSA) is 0 Å². The number of hydrogen-bond acceptors (Lipinski definition) is 0. The fraction of sp³-hybridized carbons (Fsp3) is 0.273. The van der Waals surface area contributed by atoms with Crippen LogP contribution in [-0.2, 0) is 0 Å². The van der Waals surface area contributed by atoms with Gasteiger partial charge in [0, 0.05) is 5.33 Å². The largest absolute Gasteiger partial charge is 0.205 e. The average molecular weight is 278 g/mol. The molecular weight excluding hydrogens is 266 g/mol. The molecule has 0 spiro atoms. The van der Waals surface area contributed by atoms with Crippen molar-refractivity contribution in [3.05, 3.63) is 40.2 Å². The highest BCUT2D eigenvalue weighted by atomic mass is 79.9. The molecule has 0 heterocycles. The summed E-state index contributed by atoms with van der Waals surface area (Å²) >= 11 is 8.96. The Labute approximate surface area is 96.9 Å². The second-order valence-corrected chi connectivity index (χ2v) is 3.93. The highest BCUT2D eigenvalue weighted by Gasteiger charge is 1.99. The molecule has 0 aromatic heterocycles. The number of allylic oxidation sites excluding steroid dienone is 1. The Balaban J connectivity index is 2.97. The summed E-state index contributed by atoms with van der Waals surface area (Å²) in [6.45, 7) is 2.07. The van der Waals surface area contributed by atoms with Gasteiger partial charge in [-0.05, 0) is 24.1 Å². The maximum Gasteiger partial charge on any atom is 0.142 e. The Morgan fingerprint density at radius 1 is 1.57 bits per heavy atom. The highest BCUT2D eigenvalue weighted by molar-refractivity contribution is 9.09. The quantitative estimate of drug-likeness (QED) is 0.705. The second-order valence-electron chi connectivity index (χ2n) is 2.96. The van der Waals surface area contributed by atoms with Gasteiger partial charge in [-0.2, -0.15) is 0 Å². The summed E-state index contributed by atoms with van der Waals surface area (Å²) in [7, 11) is 0. The van der Waals surface area contributed by atoms with Crippen molar-refractivity contribution in [3.63, 3.8) is 0 Å². The average Bonchev–Trinajstić information content (AvgIpc) is 2.19. The van der Waals surface area contributed by atoms with Crippen molar-refractivity contribution in [3.8, 4) is 0 Å². The van der Waals surface area contributed by atoms with Gasteiger partial charge in [0.25, 0.3) is 0 Å². The molecule has 0 atom stereocenters. The smallest absolute Gasteiger partial charge is 0.142 e. The molecule has 0 saturated heterocycles. The molecule has 1 aromatic carbocycles. The number of hydrogen-bond donors (Lipinski definition) is 0. The van der Waals surface area contributed by atoms with Crippen LogP contribution in [0.15, 0.2) is 23.8 Å². The fourth-order valence-electron chi connectivity index (χ4n) is 1.07. The number of alkyl halides is 1. The zero-order valence-electron chi connectivity index (χ0n) is 7.86. The molecule has 0 unspecified atom stereocenters. The summed E-state index contributed by atoms with van der Waals surface area (Å²) in [5, 5.41) is 0.979. The van der Waals surface area contributed by atoms with Crippen LogP contribution in [0.3, 0.4) is 0 Å². The fourth-order valence-corrected chi connectivity index (χ4v) is 1.75. The Morgan fingerprint density at radius 2 is 2.29 bits per heavy atom. The Kier molecular flexibility index (Phi) is 4.63. The van der Waals surface area contributed by atoms with Crippen LogP contribution in [0, 0.1) is 5.82 Å². The normalized spacial score (nSPS) is 11.9. The first-order chi connectivity index (χ1) is 6.67. The van der Waals surface area contributed by atoms with E-state index in [1.165, 1.54) is 11.6 Å². The molecule has 0 radical (unpaired) electrons. The monoisotopic (exact) mass is 276 g/mol. The Morgan fingerprint density at radius 3 is 2.79 bits per heavy atom. The van der Waals surface area contributed by atoms with E-state index in [9.17, 15) is 4.39 Å². The third-order valence-corrected chi connectivity index (χ3v) is 2.97. The van der Waals surface area contributed by atoms with Crippen molar-refractivity contribution >= 4 is 33.6 Å². The van der Waals surface area contributed by atoms with E-state index in [4.69, 9.17) is 11.6 Å². The summed E-state index contributed by atoms with van der Waals surface area (Å²) in [6, 6.07) is 4.83. The van der Waals surface area contributed by atoms with Gasteiger partial charge >= 0.3 is 0 Å². The minimum atomic E-state index is -0.370. The second kappa shape index (κ2) is 5.52. The summed E-state index contributed by atoms with van der Waals surface area (Å²) in [4.78, 5) is 0. The van der Waals surface area contributed by atoms with Crippen LogP contribution in [0.4, 0.5) is 4.39 Å². The van der Waals surface area contributed by atoms with Crippen molar-refractivity contribution < 1.29 is 4.39 Å². The van der Waals surface area contributed by atoms with E-state index >= 15 is 0 Å². The molecular formula is C11H11BrClF. The lowest BCUT2D eigenvalue weighted by molar-refractivity contribution is 0.628. The molecule has 76 valence electrons. The summed E-state index contributed by atoms with van der Waals surface area (Å²) < 4.78 is 13.1. The van der Waals surface area contributed by atoms with Gasteiger partial charge in [0.1, 0.15) is 5.82 Å². The van der Waals surface area contributed by atoms with E-state index in [-0.39, 0.29) is 10.8 Å². The lowest BCUT2D eigenvalue weighted by Gasteiger charge is -2.00. The standard InChI is InChI=1S/C11H11BrClF/c1-2-8(7-12)5-9-3-4-10(13)11(14)6-9/h3-6H,2,7H2,1H3. The zero-order valence-corrected chi connectivity index (χ0v) is 10.2. The van der Waals surface area contributed by atoms with E-state index in [0.29, 0.717) is 0 Å². The van der Waals surface area contributed by atoms with E-state index < -0.39 is 0 Å². The third kappa shape index (κ3) is 3.10. The van der Waals surface area contributed by atoms with Gasteiger partial charge in [0.2, 0.25) is 0 Å². The van der Waals surface area contributed by atoms with Crippen LogP contribution >= 0.6 is 27.5 Å². The van der Waals surface area contributed by atoms with Crippen LogP contribution in [0.1, 0.15) is 18.9 Å². The molecule has 0 bridgehead atoms. The SMILES string of the molecule is CCC(=Cc1ccc(Cl)c(F)c1)CBr. The van der Waals surface area contributed by atoms with Crippen molar-refractivity contribution in [2.24, 2.45) is 0 Å². The van der Waals surface area contributed by atoms with Gasteiger partial charge in [-0.1, -0.05) is 52.2 Å². The lowest BCUT2D eigenvalue weighted by Crippen LogP contribution is -1.84. The van der Waals surface area contributed by atoms with E-state index in [1.807, 2.05) is 12.1 Å². The summed E-state index contributed by atoms with van der Waals surface area (Å²) in [5.74, 6) is -0.370. The first-order valence-electron chi connectivity index (χ1n) is 4.37. The van der Waals surface area contributed by atoms with Gasteiger partial charge in [0.15, 0.2) is 0 Å². The summed E-state index contributed by atoms with van der Waals surface area (Å²) in [6.07, 6.45) is 2.92. The molecule has 1 aromatic rings. The number of halogens is 3. The van der Waals surface area contributed by atoms with Crippen molar-refractivity contribution in [2.75, 3.05) is 5.33 Å². The first kappa shape index (κ1) is 11.7. The Bertz CT molecular complexity index is 341. The molecule has 0 aliphatic carbocycles. The molecule has 0 N–H and O–H groups in total. The minimum absolute atomic E-state index is 0.166. The van der Waals surface area contributed by atoms with Gasteiger partial charge in [-0.25, -0.2) is 4.39 Å². The van der Waals surface area contributed by atoms with E-state index in [1.54, 1.807) is 6.07 Å².